The molecule has 2 aromatic rings. The fourth-order valence-electron chi connectivity index (χ4n) is 2.34. The van der Waals surface area contributed by atoms with Gasteiger partial charge in [0.1, 0.15) is 5.75 Å². The lowest BCUT2D eigenvalue weighted by atomic mass is 10.1. The van der Waals surface area contributed by atoms with Crippen LogP contribution in [0.1, 0.15) is 43.5 Å². The summed E-state index contributed by atoms with van der Waals surface area (Å²) in [5.41, 5.74) is 3.81. The molecule has 0 aliphatic rings. The molecule has 0 saturated carbocycles. The second-order valence-electron chi connectivity index (χ2n) is 5.79. The normalized spacial score (nSPS) is 12.4. The number of aryl methyl sites for hydroxylation is 1. The van der Waals surface area contributed by atoms with E-state index in [4.69, 9.17) is 4.74 Å². The highest BCUT2D eigenvalue weighted by molar-refractivity contribution is 5.33. The third-order valence-electron chi connectivity index (χ3n) is 3.48. The number of para-hydroxylation sites is 1. The van der Waals surface area contributed by atoms with Crippen molar-refractivity contribution in [2.24, 2.45) is 0 Å². The lowest BCUT2D eigenvalue weighted by Crippen LogP contribution is -2.19. The monoisotopic (exact) mass is 283 g/mol. The second-order valence-corrected chi connectivity index (χ2v) is 5.79. The van der Waals surface area contributed by atoms with Crippen LogP contribution < -0.4 is 10.1 Å². The van der Waals surface area contributed by atoms with Gasteiger partial charge in [0.05, 0.1) is 6.10 Å². The molecule has 21 heavy (non-hydrogen) atoms. The number of rotatable bonds is 6. The quantitative estimate of drug-likeness (QED) is 0.834. The average Bonchev–Trinajstić information content (AvgIpc) is 2.45. The second kappa shape index (κ2) is 7.28. The van der Waals surface area contributed by atoms with Gasteiger partial charge in [-0.3, -0.25) is 0 Å². The van der Waals surface area contributed by atoms with Crippen LogP contribution in [-0.4, -0.2) is 6.10 Å². The first kappa shape index (κ1) is 15.6. The molecular weight excluding hydrogens is 258 g/mol. The van der Waals surface area contributed by atoms with Gasteiger partial charge in [0.25, 0.3) is 0 Å². The molecule has 1 N–H and O–H groups in total. The van der Waals surface area contributed by atoms with Crippen LogP contribution in [0.25, 0.3) is 0 Å². The van der Waals surface area contributed by atoms with E-state index in [1.54, 1.807) is 0 Å². The van der Waals surface area contributed by atoms with Gasteiger partial charge in [-0.25, -0.2) is 0 Å². The van der Waals surface area contributed by atoms with E-state index in [0.29, 0.717) is 6.04 Å². The molecule has 2 heteroatoms. The predicted octanol–water partition coefficient (Wildman–Crippen LogP) is 4.63. The largest absolute Gasteiger partial charge is 0.491 e. The summed E-state index contributed by atoms with van der Waals surface area (Å²) in [7, 11) is 0. The summed E-state index contributed by atoms with van der Waals surface area (Å²) in [6, 6.07) is 17.2. The lowest BCUT2D eigenvalue weighted by Gasteiger charge is -2.18. The molecule has 0 amide bonds. The van der Waals surface area contributed by atoms with Crippen LogP contribution in [0.15, 0.2) is 48.5 Å². The Labute approximate surface area is 128 Å². The van der Waals surface area contributed by atoms with Crippen molar-refractivity contribution in [1.82, 2.24) is 5.32 Å². The van der Waals surface area contributed by atoms with Gasteiger partial charge in [-0.05, 0) is 39.3 Å². The zero-order chi connectivity index (χ0) is 15.2. The Balaban J connectivity index is 2.02. The van der Waals surface area contributed by atoms with Crippen LogP contribution in [0, 0.1) is 6.92 Å². The van der Waals surface area contributed by atoms with Crippen LogP contribution in [0.4, 0.5) is 0 Å². The van der Waals surface area contributed by atoms with Gasteiger partial charge >= 0.3 is 0 Å². The maximum absolute atomic E-state index is 5.86. The molecule has 0 spiro atoms. The number of nitrogens with one attached hydrogen (secondary N) is 1. The number of hydrogen-bond acceptors (Lipinski definition) is 2. The van der Waals surface area contributed by atoms with E-state index in [-0.39, 0.29) is 6.10 Å². The van der Waals surface area contributed by atoms with Crippen molar-refractivity contribution in [1.29, 1.82) is 0 Å². The van der Waals surface area contributed by atoms with Crippen molar-refractivity contribution in [2.45, 2.75) is 46.4 Å². The minimum Gasteiger partial charge on any atom is -0.491 e. The predicted molar refractivity (Wildman–Crippen MR) is 88.6 cm³/mol. The summed E-state index contributed by atoms with van der Waals surface area (Å²) in [4.78, 5) is 0. The zero-order valence-electron chi connectivity index (χ0n) is 13.4. The van der Waals surface area contributed by atoms with E-state index in [2.05, 4.69) is 69.4 Å². The van der Waals surface area contributed by atoms with Crippen molar-refractivity contribution in [3.63, 3.8) is 0 Å². The third-order valence-corrected chi connectivity index (χ3v) is 3.48. The van der Waals surface area contributed by atoms with Crippen LogP contribution in [-0.2, 0) is 6.54 Å². The molecule has 0 aromatic heterocycles. The number of ether oxygens (including phenoxy) is 1. The lowest BCUT2D eigenvalue weighted by molar-refractivity contribution is 0.239. The molecule has 2 aromatic carbocycles. The van der Waals surface area contributed by atoms with E-state index in [1.807, 2.05) is 12.1 Å². The summed E-state index contributed by atoms with van der Waals surface area (Å²) < 4.78 is 5.86. The fourth-order valence-corrected chi connectivity index (χ4v) is 2.34. The summed E-state index contributed by atoms with van der Waals surface area (Å²) >= 11 is 0. The van der Waals surface area contributed by atoms with E-state index < -0.39 is 0 Å². The molecular formula is C19H25NO. The molecule has 0 radical (unpaired) electrons. The Morgan fingerprint density at radius 2 is 1.76 bits per heavy atom. The maximum Gasteiger partial charge on any atom is 0.124 e. The fraction of sp³-hybridized carbons (Fsp3) is 0.368. The van der Waals surface area contributed by atoms with E-state index in [9.17, 15) is 0 Å². The summed E-state index contributed by atoms with van der Waals surface area (Å²) in [6.45, 7) is 9.24. The van der Waals surface area contributed by atoms with Gasteiger partial charge in [0, 0.05) is 18.2 Å². The molecule has 1 atom stereocenters. The standard InChI is InChI=1S/C19H25NO/c1-14(2)21-19-11-6-5-9-18(19)13-20-16(4)17-10-7-8-15(3)12-17/h5-12,14,16,20H,13H2,1-4H3/t16-/m1/s1. The summed E-state index contributed by atoms with van der Waals surface area (Å²) in [5, 5.41) is 3.58. The Bertz CT molecular complexity index is 577. The summed E-state index contributed by atoms with van der Waals surface area (Å²) in [6.07, 6.45) is 0.195. The van der Waals surface area contributed by atoms with Gasteiger partial charge in [0.15, 0.2) is 0 Å². The first-order valence-corrected chi connectivity index (χ1v) is 7.61. The molecule has 0 bridgehead atoms. The van der Waals surface area contributed by atoms with Crippen molar-refractivity contribution in [3.05, 3.63) is 65.2 Å². The van der Waals surface area contributed by atoms with Gasteiger partial charge in [-0.15, -0.1) is 0 Å². The molecule has 0 saturated heterocycles. The minimum atomic E-state index is 0.195. The smallest absolute Gasteiger partial charge is 0.124 e. The minimum absolute atomic E-state index is 0.195. The molecule has 0 aliphatic carbocycles. The molecule has 2 nitrogen and oxygen atoms in total. The van der Waals surface area contributed by atoms with Gasteiger partial charge in [0.2, 0.25) is 0 Å². The van der Waals surface area contributed by atoms with Gasteiger partial charge in [-0.2, -0.15) is 0 Å². The van der Waals surface area contributed by atoms with E-state index >= 15 is 0 Å². The highest BCUT2D eigenvalue weighted by atomic mass is 16.5. The molecule has 112 valence electrons. The summed E-state index contributed by atoms with van der Waals surface area (Å²) in [5.74, 6) is 0.969. The van der Waals surface area contributed by atoms with Crippen molar-refractivity contribution in [2.75, 3.05) is 0 Å². The van der Waals surface area contributed by atoms with Gasteiger partial charge < -0.3 is 10.1 Å². The van der Waals surface area contributed by atoms with Crippen LogP contribution in [0.2, 0.25) is 0 Å². The highest BCUT2D eigenvalue weighted by Crippen LogP contribution is 2.21. The SMILES string of the molecule is Cc1cccc([C@@H](C)NCc2ccccc2OC(C)C)c1. The van der Waals surface area contributed by atoms with E-state index in [1.165, 1.54) is 16.7 Å². The molecule has 0 fully saturated rings. The molecule has 2 rings (SSSR count). The van der Waals surface area contributed by atoms with E-state index in [0.717, 1.165) is 12.3 Å². The highest BCUT2D eigenvalue weighted by Gasteiger charge is 2.08. The molecule has 0 unspecified atom stereocenters. The Kier molecular flexibility index (Phi) is 5.40. The molecule has 0 aliphatic heterocycles. The van der Waals surface area contributed by atoms with Crippen LogP contribution >= 0.6 is 0 Å². The molecule has 0 heterocycles. The van der Waals surface area contributed by atoms with Gasteiger partial charge in [-0.1, -0.05) is 48.0 Å². The van der Waals surface area contributed by atoms with Crippen molar-refractivity contribution in [3.8, 4) is 5.75 Å². The van der Waals surface area contributed by atoms with Crippen LogP contribution in [0.5, 0.6) is 5.75 Å². The first-order chi connectivity index (χ1) is 10.1. The number of benzene rings is 2. The van der Waals surface area contributed by atoms with Crippen molar-refractivity contribution < 1.29 is 4.74 Å². The van der Waals surface area contributed by atoms with Crippen molar-refractivity contribution >= 4 is 0 Å². The van der Waals surface area contributed by atoms with Crippen LogP contribution in [0.3, 0.4) is 0 Å². The maximum atomic E-state index is 5.86. The zero-order valence-corrected chi connectivity index (χ0v) is 13.4. The number of hydrogen-bond donors (Lipinski definition) is 1. The Morgan fingerprint density at radius 1 is 1.00 bits per heavy atom. The Hall–Kier alpha value is -1.80. The first-order valence-electron chi connectivity index (χ1n) is 7.61. The third kappa shape index (κ3) is 4.61. The Morgan fingerprint density at radius 3 is 2.48 bits per heavy atom. The topological polar surface area (TPSA) is 21.3 Å². The average molecular weight is 283 g/mol.